The van der Waals surface area contributed by atoms with Gasteiger partial charge in [-0.05, 0) is 51.3 Å². The zero-order valence-corrected chi connectivity index (χ0v) is 12.7. The first-order valence-corrected chi connectivity index (χ1v) is 7.78. The Morgan fingerprint density at radius 3 is 2.57 bits per heavy atom. The number of hydrogen-bond acceptors (Lipinski definition) is 4. The van der Waals surface area contributed by atoms with Crippen molar-refractivity contribution in [1.82, 2.24) is 4.90 Å². The lowest BCUT2D eigenvalue weighted by Gasteiger charge is -2.47. The van der Waals surface area contributed by atoms with Crippen LogP contribution in [0.5, 0.6) is 0 Å². The Morgan fingerprint density at radius 2 is 1.95 bits per heavy atom. The second-order valence-corrected chi connectivity index (χ2v) is 6.49. The van der Waals surface area contributed by atoms with E-state index in [1.165, 1.54) is 19.3 Å². The average molecular weight is 289 g/mol. The molecule has 2 bridgehead atoms. The number of anilines is 1. The first-order chi connectivity index (χ1) is 10.0. The van der Waals surface area contributed by atoms with Gasteiger partial charge in [0.05, 0.1) is 4.92 Å². The number of nitrogens with zero attached hydrogens (tertiary/aromatic N) is 2. The van der Waals surface area contributed by atoms with E-state index < -0.39 is 0 Å². The minimum atomic E-state index is -0.287. The van der Waals surface area contributed by atoms with E-state index in [2.05, 4.69) is 17.3 Å². The summed E-state index contributed by atoms with van der Waals surface area (Å²) in [7, 11) is 2.22. The molecule has 1 aromatic rings. The Morgan fingerprint density at radius 1 is 1.29 bits per heavy atom. The maximum atomic E-state index is 11.2. The Kier molecular flexibility index (Phi) is 3.85. The Balaban J connectivity index is 1.77. The molecule has 21 heavy (non-hydrogen) atoms. The smallest absolute Gasteiger partial charge is 0.292 e. The number of piperidine rings is 2. The molecule has 2 atom stereocenters. The van der Waals surface area contributed by atoms with E-state index >= 15 is 0 Å². The van der Waals surface area contributed by atoms with Gasteiger partial charge in [-0.1, -0.05) is 12.5 Å². The van der Waals surface area contributed by atoms with Gasteiger partial charge in [-0.3, -0.25) is 10.1 Å². The van der Waals surface area contributed by atoms with Gasteiger partial charge in [-0.2, -0.15) is 0 Å². The average Bonchev–Trinajstić information content (AvgIpc) is 2.41. The van der Waals surface area contributed by atoms with Crippen LogP contribution in [-0.2, 0) is 0 Å². The van der Waals surface area contributed by atoms with Crippen molar-refractivity contribution in [3.05, 3.63) is 33.9 Å². The number of fused-ring (bicyclic) bond motifs is 2. The fourth-order valence-electron chi connectivity index (χ4n) is 3.87. The van der Waals surface area contributed by atoms with E-state index in [0.29, 0.717) is 23.8 Å². The molecule has 0 aromatic heterocycles. The third-order valence-electron chi connectivity index (χ3n) is 5.05. The van der Waals surface area contributed by atoms with E-state index in [4.69, 9.17) is 0 Å². The Bertz CT molecular complexity index is 532. The molecule has 0 spiro atoms. The van der Waals surface area contributed by atoms with Crippen LogP contribution in [0, 0.1) is 17.0 Å². The van der Waals surface area contributed by atoms with E-state index in [-0.39, 0.29) is 10.6 Å². The highest BCUT2D eigenvalue weighted by Crippen LogP contribution is 2.35. The molecule has 2 saturated heterocycles. The molecule has 1 N–H and O–H groups in total. The Hall–Kier alpha value is -1.62. The lowest BCUT2D eigenvalue weighted by molar-refractivity contribution is -0.384. The molecular weight excluding hydrogens is 266 g/mol. The van der Waals surface area contributed by atoms with Crippen molar-refractivity contribution in [2.75, 3.05) is 12.4 Å². The molecule has 5 nitrogen and oxygen atoms in total. The summed E-state index contributed by atoms with van der Waals surface area (Å²) in [4.78, 5) is 13.4. The molecule has 2 aliphatic heterocycles. The molecular formula is C16H23N3O2. The monoisotopic (exact) mass is 289 g/mol. The number of nitrogens with one attached hydrogen (secondary N) is 1. The van der Waals surface area contributed by atoms with E-state index in [9.17, 15) is 10.1 Å². The summed E-state index contributed by atoms with van der Waals surface area (Å²) >= 11 is 0. The Labute approximate surface area is 125 Å². The second-order valence-electron chi connectivity index (χ2n) is 6.49. The molecule has 0 saturated carbocycles. The van der Waals surface area contributed by atoms with Crippen LogP contribution in [0.15, 0.2) is 18.2 Å². The van der Waals surface area contributed by atoms with E-state index in [0.717, 1.165) is 18.4 Å². The van der Waals surface area contributed by atoms with Crippen LogP contribution in [0.4, 0.5) is 11.4 Å². The first-order valence-electron chi connectivity index (χ1n) is 7.78. The van der Waals surface area contributed by atoms with Crippen LogP contribution in [0.25, 0.3) is 0 Å². The van der Waals surface area contributed by atoms with E-state index in [1.54, 1.807) is 6.07 Å². The van der Waals surface area contributed by atoms with Crippen molar-refractivity contribution in [3.8, 4) is 0 Å². The van der Waals surface area contributed by atoms with Crippen molar-refractivity contribution in [1.29, 1.82) is 0 Å². The van der Waals surface area contributed by atoms with Crippen molar-refractivity contribution in [2.45, 2.75) is 57.2 Å². The van der Waals surface area contributed by atoms with Gasteiger partial charge in [0.25, 0.3) is 5.69 Å². The summed E-state index contributed by atoms with van der Waals surface area (Å²) in [6.07, 6.45) is 5.98. The van der Waals surface area contributed by atoms with Gasteiger partial charge in [0, 0.05) is 24.2 Å². The van der Waals surface area contributed by atoms with Crippen LogP contribution >= 0.6 is 0 Å². The molecule has 0 aliphatic carbocycles. The topological polar surface area (TPSA) is 58.4 Å². The van der Waals surface area contributed by atoms with Crippen molar-refractivity contribution < 1.29 is 4.92 Å². The molecule has 5 heteroatoms. The summed E-state index contributed by atoms with van der Waals surface area (Å²) in [6.45, 7) is 1.89. The predicted molar refractivity (Wildman–Crippen MR) is 83.7 cm³/mol. The highest BCUT2D eigenvalue weighted by atomic mass is 16.6. The van der Waals surface area contributed by atoms with Crippen LogP contribution < -0.4 is 5.32 Å². The number of benzene rings is 1. The zero-order valence-electron chi connectivity index (χ0n) is 12.7. The van der Waals surface area contributed by atoms with Gasteiger partial charge in [0.1, 0.15) is 5.69 Å². The molecule has 0 amide bonds. The summed E-state index contributed by atoms with van der Waals surface area (Å²) < 4.78 is 0. The summed E-state index contributed by atoms with van der Waals surface area (Å²) in [5, 5.41) is 14.7. The normalized spacial score (nSPS) is 29.1. The summed E-state index contributed by atoms with van der Waals surface area (Å²) in [5.41, 5.74) is 1.78. The highest BCUT2D eigenvalue weighted by Gasteiger charge is 2.36. The van der Waals surface area contributed by atoms with Crippen molar-refractivity contribution >= 4 is 11.4 Å². The van der Waals surface area contributed by atoms with Gasteiger partial charge in [0.2, 0.25) is 0 Å². The number of rotatable bonds is 3. The number of nitro benzene ring substituents is 1. The van der Waals surface area contributed by atoms with Crippen LogP contribution in [0.1, 0.15) is 37.7 Å². The van der Waals surface area contributed by atoms with Gasteiger partial charge in [-0.15, -0.1) is 0 Å². The third-order valence-corrected chi connectivity index (χ3v) is 5.05. The largest absolute Gasteiger partial charge is 0.377 e. The van der Waals surface area contributed by atoms with Gasteiger partial charge in [0.15, 0.2) is 0 Å². The zero-order chi connectivity index (χ0) is 15.0. The van der Waals surface area contributed by atoms with Crippen molar-refractivity contribution in [3.63, 3.8) is 0 Å². The highest BCUT2D eigenvalue weighted by molar-refractivity contribution is 5.63. The number of aryl methyl sites for hydroxylation is 1. The van der Waals surface area contributed by atoms with E-state index in [1.807, 2.05) is 19.1 Å². The fourth-order valence-corrected chi connectivity index (χ4v) is 3.87. The first kappa shape index (κ1) is 14.3. The minimum absolute atomic E-state index is 0.194. The van der Waals surface area contributed by atoms with Crippen molar-refractivity contribution in [2.24, 2.45) is 0 Å². The summed E-state index contributed by atoms with van der Waals surface area (Å²) in [5.74, 6) is 0. The molecule has 3 rings (SSSR count). The van der Waals surface area contributed by atoms with Crippen LogP contribution in [0.2, 0.25) is 0 Å². The molecule has 0 radical (unpaired) electrons. The lowest BCUT2D eigenvalue weighted by atomic mass is 9.82. The molecule has 2 unspecified atom stereocenters. The SMILES string of the molecule is Cc1ccc(NC2CC3CCCC(C2)N3C)c([N+](=O)[O-])c1. The van der Waals surface area contributed by atoms with Crippen LogP contribution in [0.3, 0.4) is 0 Å². The quantitative estimate of drug-likeness (QED) is 0.685. The standard InChI is InChI=1S/C16H23N3O2/c1-11-6-7-15(16(8-11)19(20)21)17-12-9-13-4-3-5-14(10-12)18(13)2/h6-8,12-14,17H,3-5,9-10H2,1-2H3. The second kappa shape index (κ2) is 5.64. The molecule has 2 fully saturated rings. The predicted octanol–water partition coefficient (Wildman–Crippen LogP) is 3.33. The number of nitro groups is 1. The van der Waals surface area contributed by atoms with Gasteiger partial charge in [-0.25, -0.2) is 0 Å². The third kappa shape index (κ3) is 2.88. The molecule has 2 heterocycles. The maximum Gasteiger partial charge on any atom is 0.292 e. The summed E-state index contributed by atoms with van der Waals surface area (Å²) in [6, 6.07) is 7.03. The van der Waals surface area contributed by atoms with Crippen LogP contribution in [-0.4, -0.2) is 35.0 Å². The van der Waals surface area contributed by atoms with Gasteiger partial charge >= 0.3 is 0 Å². The minimum Gasteiger partial charge on any atom is -0.377 e. The lowest BCUT2D eigenvalue weighted by Crippen LogP contribution is -2.52. The maximum absolute atomic E-state index is 11.2. The molecule has 1 aromatic carbocycles. The fraction of sp³-hybridized carbons (Fsp3) is 0.625. The molecule has 114 valence electrons. The molecule has 2 aliphatic rings. The number of hydrogen-bond donors (Lipinski definition) is 1. The van der Waals surface area contributed by atoms with Gasteiger partial charge < -0.3 is 10.2 Å².